The van der Waals surface area contributed by atoms with Gasteiger partial charge in [-0.05, 0) is 73.0 Å². The summed E-state index contributed by atoms with van der Waals surface area (Å²) < 4.78 is 6.03. The highest BCUT2D eigenvalue weighted by atomic mass is 16.5. The molecule has 6 nitrogen and oxygen atoms in total. The van der Waals surface area contributed by atoms with Crippen molar-refractivity contribution in [2.24, 2.45) is 0 Å². The SMILES string of the molecule is Cc1ccc(C)c(/C(O)=C2\C(=O)C(=O)N(Cc3ccncc3)C2c2cccc(Oc3ccccc3)c2)c1. The van der Waals surface area contributed by atoms with E-state index in [0.29, 0.717) is 22.6 Å². The summed E-state index contributed by atoms with van der Waals surface area (Å²) in [7, 11) is 0. The van der Waals surface area contributed by atoms with Crippen molar-refractivity contribution in [1.82, 2.24) is 9.88 Å². The molecule has 5 rings (SSSR count). The second-order valence-corrected chi connectivity index (χ2v) is 9.09. The minimum atomic E-state index is -0.799. The van der Waals surface area contributed by atoms with Crippen molar-refractivity contribution < 1.29 is 19.4 Å². The molecule has 0 radical (unpaired) electrons. The maximum absolute atomic E-state index is 13.4. The van der Waals surface area contributed by atoms with Crippen LogP contribution in [0.1, 0.15) is 33.9 Å². The predicted octanol–water partition coefficient (Wildman–Crippen LogP) is 6.11. The van der Waals surface area contributed by atoms with E-state index in [0.717, 1.165) is 16.7 Å². The van der Waals surface area contributed by atoms with Crippen molar-refractivity contribution in [3.8, 4) is 11.5 Å². The van der Waals surface area contributed by atoms with Crippen LogP contribution >= 0.6 is 0 Å². The lowest BCUT2D eigenvalue weighted by atomic mass is 9.93. The third-order valence-electron chi connectivity index (χ3n) is 6.44. The van der Waals surface area contributed by atoms with Gasteiger partial charge >= 0.3 is 0 Å². The van der Waals surface area contributed by atoms with E-state index in [1.54, 1.807) is 30.6 Å². The van der Waals surface area contributed by atoms with E-state index in [4.69, 9.17) is 4.74 Å². The zero-order chi connectivity index (χ0) is 25.9. The second-order valence-electron chi connectivity index (χ2n) is 9.09. The molecule has 4 aromatic rings. The van der Waals surface area contributed by atoms with Crippen LogP contribution in [-0.2, 0) is 16.1 Å². The van der Waals surface area contributed by atoms with E-state index in [1.165, 1.54) is 4.90 Å². The highest BCUT2D eigenvalue weighted by Crippen LogP contribution is 2.42. The molecule has 0 spiro atoms. The Morgan fingerprint density at radius 1 is 0.892 bits per heavy atom. The number of amides is 1. The number of Topliss-reactive ketones (excluding diaryl/α,β-unsaturated/α-hetero) is 1. The number of likely N-dealkylation sites (tertiary alicyclic amines) is 1. The maximum atomic E-state index is 13.4. The van der Waals surface area contributed by atoms with Crippen molar-refractivity contribution in [1.29, 1.82) is 0 Å². The number of nitrogens with zero attached hydrogens (tertiary/aromatic N) is 2. The van der Waals surface area contributed by atoms with Crippen LogP contribution in [0, 0.1) is 13.8 Å². The highest BCUT2D eigenvalue weighted by Gasteiger charge is 2.46. The summed E-state index contributed by atoms with van der Waals surface area (Å²) in [5, 5.41) is 11.5. The number of pyridine rings is 1. The molecule has 0 bridgehead atoms. The summed E-state index contributed by atoms with van der Waals surface area (Å²) >= 11 is 0. The molecule has 3 aromatic carbocycles. The molecular weight excluding hydrogens is 464 g/mol. The van der Waals surface area contributed by atoms with E-state index < -0.39 is 17.7 Å². The van der Waals surface area contributed by atoms with Gasteiger partial charge in [-0.1, -0.05) is 48.0 Å². The Labute approximate surface area is 215 Å². The lowest BCUT2D eigenvalue weighted by Gasteiger charge is -2.26. The number of aromatic nitrogens is 1. The van der Waals surface area contributed by atoms with Gasteiger partial charge in [0.05, 0.1) is 11.6 Å². The standard InChI is InChI=1S/C31H26N2O4/c1-20-11-12-21(2)26(17-20)29(34)27-28(33(31(36)30(27)35)19-22-13-15-32-16-14-22)23-7-6-10-25(18-23)37-24-8-4-3-5-9-24/h3-18,28,34H,19H2,1-2H3/b29-27+. The van der Waals surface area contributed by atoms with Crippen LogP contribution in [0.25, 0.3) is 5.76 Å². The molecule has 1 aliphatic rings. The van der Waals surface area contributed by atoms with Gasteiger partial charge < -0.3 is 14.7 Å². The molecule has 1 fully saturated rings. The third kappa shape index (κ3) is 4.86. The molecule has 1 N–H and O–H groups in total. The van der Waals surface area contributed by atoms with Gasteiger partial charge in [0.25, 0.3) is 11.7 Å². The van der Waals surface area contributed by atoms with Gasteiger partial charge in [0.15, 0.2) is 0 Å². The minimum absolute atomic E-state index is 0.0598. The van der Waals surface area contributed by atoms with Gasteiger partial charge in [-0.25, -0.2) is 0 Å². The Balaban J connectivity index is 1.64. The molecule has 1 atom stereocenters. The van der Waals surface area contributed by atoms with Gasteiger partial charge in [-0.3, -0.25) is 14.6 Å². The van der Waals surface area contributed by atoms with Crippen LogP contribution < -0.4 is 4.74 Å². The number of aliphatic hydroxyl groups is 1. The fourth-order valence-corrected chi connectivity index (χ4v) is 4.58. The van der Waals surface area contributed by atoms with E-state index in [1.807, 2.05) is 80.6 Å². The van der Waals surface area contributed by atoms with Crippen LogP contribution in [0.2, 0.25) is 0 Å². The Hall–Kier alpha value is -4.71. The van der Waals surface area contributed by atoms with E-state index in [-0.39, 0.29) is 17.9 Å². The highest BCUT2D eigenvalue weighted by molar-refractivity contribution is 6.46. The number of carbonyl (C=O) groups is 2. The van der Waals surface area contributed by atoms with Crippen LogP contribution in [0.3, 0.4) is 0 Å². The first-order chi connectivity index (χ1) is 17.9. The van der Waals surface area contributed by atoms with Crippen LogP contribution in [-0.4, -0.2) is 26.7 Å². The Morgan fingerprint density at radius 2 is 1.62 bits per heavy atom. The number of carbonyl (C=O) groups excluding carboxylic acids is 2. The fourth-order valence-electron chi connectivity index (χ4n) is 4.58. The molecule has 37 heavy (non-hydrogen) atoms. The van der Waals surface area contributed by atoms with Crippen molar-refractivity contribution in [2.75, 3.05) is 0 Å². The average Bonchev–Trinajstić information content (AvgIpc) is 3.16. The maximum Gasteiger partial charge on any atom is 0.295 e. The smallest absolute Gasteiger partial charge is 0.295 e. The summed E-state index contributed by atoms with van der Waals surface area (Å²) in [6.45, 7) is 3.97. The lowest BCUT2D eigenvalue weighted by molar-refractivity contribution is -0.140. The molecule has 184 valence electrons. The summed E-state index contributed by atoms with van der Waals surface area (Å²) in [6.07, 6.45) is 3.29. The average molecular weight is 491 g/mol. The van der Waals surface area contributed by atoms with Gasteiger partial charge in [0.2, 0.25) is 0 Å². The normalized spacial score (nSPS) is 16.7. The predicted molar refractivity (Wildman–Crippen MR) is 141 cm³/mol. The number of ether oxygens (including phenoxy) is 1. The van der Waals surface area contributed by atoms with Gasteiger partial charge in [-0.15, -0.1) is 0 Å². The number of hydrogen-bond donors (Lipinski definition) is 1. The lowest BCUT2D eigenvalue weighted by Crippen LogP contribution is -2.29. The van der Waals surface area contributed by atoms with Crippen molar-refractivity contribution in [3.63, 3.8) is 0 Å². The summed E-state index contributed by atoms with van der Waals surface area (Å²) in [6, 6.07) is 25.1. The number of ketones is 1. The molecule has 1 aromatic heterocycles. The summed E-state index contributed by atoms with van der Waals surface area (Å²) in [5.74, 6) is -0.336. The Kier molecular flexibility index (Phi) is 6.56. The number of para-hydroxylation sites is 1. The molecule has 0 aliphatic carbocycles. The zero-order valence-electron chi connectivity index (χ0n) is 20.6. The quantitative estimate of drug-likeness (QED) is 0.200. The topological polar surface area (TPSA) is 79.7 Å². The number of aliphatic hydroxyl groups excluding tert-OH is 1. The van der Waals surface area contributed by atoms with E-state index in [2.05, 4.69) is 4.98 Å². The molecule has 0 saturated carbocycles. The second kappa shape index (κ2) is 10.1. The van der Waals surface area contributed by atoms with Crippen molar-refractivity contribution in [2.45, 2.75) is 26.4 Å². The first-order valence-corrected chi connectivity index (χ1v) is 12.0. The van der Waals surface area contributed by atoms with E-state index in [9.17, 15) is 14.7 Å². The largest absolute Gasteiger partial charge is 0.507 e. The summed E-state index contributed by atoms with van der Waals surface area (Å²) in [4.78, 5) is 32.3. The number of hydrogen-bond acceptors (Lipinski definition) is 5. The van der Waals surface area contributed by atoms with Gasteiger partial charge in [0, 0.05) is 24.5 Å². The molecule has 1 aliphatic heterocycles. The Bertz CT molecular complexity index is 1500. The summed E-state index contributed by atoms with van der Waals surface area (Å²) in [5.41, 5.74) is 3.82. The van der Waals surface area contributed by atoms with Gasteiger partial charge in [0.1, 0.15) is 17.3 Å². The van der Waals surface area contributed by atoms with Gasteiger partial charge in [-0.2, -0.15) is 0 Å². The van der Waals surface area contributed by atoms with Crippen molar-refractivity contribution >= 4 is 17.4 Å². The van der Waals surface area contributed by atoms with Crippen LogP contribution in [0.4, 0.5) is 0 Å². The molecule has 1 unspecified atom stereocenters. The molecule has 1 amide bonds. The first-order valence-electron chi connectivity index (χ1n) is 12.0. The molecule has 1 saturated heterocycles. The molecular formula is C31H26N2O4. The van der Waals surface area contributed by atoms with Crippen molar-refractivity contribution in [3.05, 3.63) is 131 Å². The van der Waals surface area contributed by atoms with Crippen LogP contribution in [0.5, 0.6) is 11.5 Å². The Morgan fingerprint density at radius 3 is 2.38 bits per heavy atom. The zero-order valence-corrected chi connectivity index (χ0v) is 20.6. The fraction of sp³-hybridized carbons (Fsp3) is 0.129. The number of aryl methyl sites for hydroxylation is 2. The molecule has 6 heteroatoms. The number of rotatable bonds is 6. The first kappa shape index (κ1) is 24.0. The molecule has 2 heterocycles. The number of benzene rings is 3. The third-order valence-corrected chi connectivity index (χ3v) is 6.44. The minimum Gasteiger partial charge on any atom is -0.507 e. The monoisotopic (exact) mass is 490 g/mol. The van der Waals surface area contributed by atoms with Crippen LogP contribution in [0.15, 0.2) is 103 Å². The van der Waals surface area contributed by atoms with E-state index >= 15 is 0 Å².